The summed E-state index contributed by atoms with van der Waals surface area (Å²) in [5.74, 6) is -6.26. The zero-order valence-electron chi connectivity index (χ0n) is 40.6. The number of aliphatic hydroxyl groups is 2. The van der Waals surface area contributed by atoms with Crippen molar-refractivity contribution in [3.63, 3.8) is 0 Å². The van der Waals surface area contributed by atoms with E-state index >= 15 is 0 Å². The molecule has 13 nitrogen and oxygen atoms in total. The number of methoxy groups -OCH3 is 1. The van der Waals surface area contributed by atoms with Crippen molar-refractivity contribution in [2.24, 2.45) is 41.4 Å². The number of ether oxygens (including phenoxy) is 6. The molecule has 18 atom stereocenters. The normalized spacial score (nSPS) is 39.9. The molecule has 0 aromatic heterocycles. The van der Waals surface area contributed by atoms with Crippen LogP contribution in [0.25, 0.3) is 0 Å². The van der Waals surface area contributed by atoms with Crippen LogP contribution in [0.4, 0.5) is 0 Å². The molecule has 5 aliphatic heterocycles. The summed E-state index contributed by atoms with van der Waals surface area (Å²) in [6, 6.07) is 6.17. The first-order valence-corrected chi connectivity index (χ1v) is 23.9. The Morgan fingerprint density at radius 1 is 0.906 bits per heavy atom. The van der Waals surface area contributed by atoms with Crippen LogP contribution in [0.3, 0.4) is 0 Å². The largest absolute Gasteiger partial charge is 1.00 e. The maximum Gasteiger partial charge on any atom is 1.00 e. The molecule has 5 heterocycles. The van der Waals surface area contributed by atoms with E-state index in [1.165, 1.54) is 0 Å². The van der Waals surface area contributed by atoms with Crippen molar-refractivity contribution in [1.82, 2.24) is 5.32 Å². The molecule has 354 valence electrons. The summed E-state index contributed by atoms with van der Waals surface area (Å²) >= 11 is 0. The summed E-state index contributed by atoms with van der Waals surface area (Å²) in [5.41, 5.74) is -1.30. The van der Waals surface area contributed by atoms with Crippen molar-refractivity contribution < 1.29 is 87.7 Å². The van der Waals surface area contributed by atoms with E-state index in [1.54, 1.807) is 38.3 Å². The van der Waals surface area contributed by atoms with E-state index in [0.717, 1.165) is 6.42 Å². The van der Waals surface area contributed by atoms with Crippen LogP contribution in [0.2, 0.25) is 0 Å². The fraction of sp³-hybridized carbons (Fsp3) is 0.780. The molecule has 2 spiro atoms. The Balaban J connectivity index is 0.00000771. The minimum atomic E-state index is -1.37. The van der Waals surface area contributed by atoms with Crippen LogP contribution in [-0.4, -0.2) is 100 Å². The molecule has 4 saturated heterocycles. The molecule has 0 unspecified atom stereocenters. The number of nitrogens with one attached hydrogen (secondary N) is 1. The minimum Gasteiger partial charge on any atom is -0.550 e. The topological polar surface area (TPSA) is 182 Å². The number of aliphatic hydroxyl groups excluding tert-OH is 1. The molecule has 4 fully saturated rings. The van der Waals surface area contributed by atoms with E-state index in [2.05, 4.69) is 19.2 Å². The molecular weight excluding hydrogens is 830 g/mol. The third kappa shape index (κ3) is 10.4. The van der Waals surface area contributed by atoms with Gasteiger partial charge in [-0.05, 0) is 114 Å². The van der Waals surface area contributed by atoms with Crippen molar-refractivity contribution >= 4 is 17.7 Å². The fourth-order valence-electron chi connectivity index (χ4n) is 11.6. The number of aliphatic carboxylic acids is 1. The van der Waals surface area contributed by atoms with Gasteiger partial charge in [0.25, 0.3) is 5.91 Å². The maximum atomic E-state index is 14.7. The fourth-order valence-corrected chi connectivity index (χ4v) is 11.6. The first kappa shape index (κ1) is 53.1. The quantitative estimate of drug-likeness (QED) is 0.173. The summed E-state index contributed by atoms with van der Waals surface area (Å²) in [6.45, 7) is 19.5. The summed E-state index contributed by atoms with van der Waals surface area (Å²) < 4.78 is 39.9. The Hall–Kier alpha value is -1.91. The third-order valence-corrected chi connectivity index (χ3v) is 16.1. The molecule has 1 amide bonds. The summed E-state index contributed by atoms with van der Waals surface area (Å²) in [6.07, 6.45) is 6.09. The third-order valence-electron chi connectivity index (χ3n) is 16.1. The van der Waals surface area contributed by atoms with E-state index in [9.17, 15) is 29.7 Å². The van der Waals surface area contributed by atoms with E-state index in [0.29, 0.717) is 69.1 Å². The summed E-state index contributed by atoms with van der Waals surface area (Å²) in [7, 11) is 1.57. The monoisotopic (exact) mass is 906 g/mol. The van der Waals surface area contributed by atoms with Gasteiger partial charge in [-0.1, -0.05) is 61.5 Å². The number of Topliss-reactive ketones (excluding diaryl/α,β-unsaturated/α-hetero) is 1. The number of carbonyl (C=O) groups excluding carboxylic acids is 3. The molecule has 1 aromatic rings. The number of carbonyl (C=O) groups is 3. The second kappa shape index (κ2) is 21.2. The van der Waals surface area contributed by atoms with Gasteiger partial charge in [0, 0.05) is 47.5 Å². The van der Waals surface area contributed by atoms with Gasteiger partial charge >= 0.3 is 29.6 Å². The van der Waals surface area contributed by atoms with Gasteiger partial charge in [-0.2, -0.15) is 0 Å². The second-order valence-corrected chi connectivity index (χ2v) is 20.1. The first-order chi connectivity index (χ1) is 29.7. The Morgan fingerprint density at radius 3 is 2.17 bits per heavy atom. The van der Waals surface area contributed by atoms with E-state index in [-0.39, 0.29) is 65.1 Å². The number of hydrogen-bond acceptors (Lipinski definition) is 12. The van der Waals surface area contributed by atoms with Gasteiger partial charge in [0.1, 0.15) is 17.6 Å². The molecule has 14 heteroatoms. The van der Waals surface area contributed by atoms with Crippen molar-refractivity contribution in [2.45, 2.75) is 199 Å². The number of carboxylic acids is 1. The molecule has 6 rings (SSSR count). The number of ketones is 1. The van der Waals surface area contributed by atoms with Crippen molar-refractivity contribution in [3.8, 4) is 5.75 Å². The predicted molar refractivity (Wildman–Crippen MR) is 234 cm³/mol. The molecule has 1 aromatic carbocycles. The number of rotatable bonds is 15. The number of hydrogen-bond donors (Lipinski definition) is 3. The summed E-state index contributed by atoms with van der Waals surface area (Å²) in [5, 5.41) is 38.2. The van der Waals surface area contributed by atoms with E-state index in [1.807, 2.05) is 60.6 Å². The predicted octanol–water partition coefficient (Wildman–Crippen LogP) is 3.30. The average molecular weight is 906 g/mol. The van der Waals surface area contributed by atoms with Gasteiger partial charge in [-0.3, -0.25) is 9.59 Å². The van der Waals surface area contributed by atoms with Crippen LogP contribution < -0.4 is 44.7 Å². The van der Waals surface area contributed by atoms with Crippen LogP contribution in [0, 0.1) is 41.4 Å². The average Bonchev–Trinajstić information content (AvgIpc) is 3.61. The standard InChI is InChI=1S/C50H77NO12.Na/c1-12-36(46(55)56)38-20-15-28(4)43(60-38)32(8)41(52)31(7)42(53)37(13-2)44-29(5)27-30(6)49(61-44)24-21-39(51-45(54)34-16-18-35(58-11)19-17-34)50(63-49)26-25-47(10,62-50)40-22-23-48(57,14-3)33(9)59-40;/h16-19,21,24,28-33,36-41,43-44,52,57H,12-15,20,22-23,25-27H2,1-11H3,(H,51,54)(H,55,56);/q;+1/p-1/t28-,29-,30+,31-,32-,33-,36+,37-,38+,39-,40+,41+,43+,44-,47-,48+,49-,50-;/m0./s1. The van der Waals surface area contributed by atoms with E-state index < -0.39 is 89.0 Å². The zero-order valence-corrected chi connectivity index (χ0v) is 42.6. The second-order valence-electron chi connectivity index (χ2n) is 20.1. The number of benzene rings is 1. The molecule has 64 heavy (non-hydrogen) atoms. The van der Waals surface area contributed by atoms with Gasteiger partial charge in [-0.15, -0.1) is 0 Å². The Labute approximate surface area is 403 Å². The van der Waals surface area contributed by atoms with Gasteiger partial charge in [0.2, 0.25) is 0 Å². The maximum absolute atomic E-state index is 14.7. The molecule has 5 aliphatic rings. The first-order valence-electron chi connectivity index (χ1n) is 23.9. The molecule has 0 radical (unpaired) electrons. The molecule has 0 bridgehead atoms. The van der Waals surface area contributed by atoms with E-state index in [4.69, 9.17) is 28.4 Å². The molecule has 0 saturated carbocycles. The van der Waals surface area contributed by atoms with Crippen LogP contribution in [0.1, 0.15) is 144 Å². The van der Waals surface area contributed by atoms with Gasteiger partial charge in [-0.25, -0.2) is 0 Å². The van der Waals surface area contributed by atoms with Crippen LogP contribution in [-0.2, 0) is 33.3 Å². The Kier molecular flexibility index (Phi) is 17.5. The van der Waals surface area contributed by atoms with Gasteiger partial charge < -0.3 is 53.9 Å². The van der Waals surface area contributed by atoms with Crippen molar-refractivity contribution in [3.05, 3.63) is 42.0 Å². The molecular formula is C50H76NNaO12. The van der Waals surface area contributed by atoms with Gasteiger partial charge in [0.15, 0.2) is 11.6 Å². The van der Waals surface area contributed by atoms with Crippen LogP contribution in [0.5, 0.6) is 5.75 Å². The SMILES string of the molecule is CC[C@@H](C(=O)[C@@H](C)[C@@H](O)[C@H](C)[C@@H]1O[C@@H]([C@@H](CC)C(=O)[O-])CC[C@@H]1C)[C@H]1O[C@]2(C=C[C@H](NC(=O)c3ccc(OC)cc3)[C@]3(CC[C@@](C)([C@H]4CC[C@](O)(CC)[C@H](C)O4)O3)O2)[C@H](C)C[C@@H]1C.[Na+]. The number of amides is 1. The smallest absolute Gasteiger partial charge is 0.550 e. The van der Waals surface area contributed by atoms with Crippen LogP contribution in [0.15, 0.2) is 36.4 Å². The molecule has 0 aliphatic carbocycles. The zero-order chi connectivity index (χ0) is 46.2. The Bertz CT molecular complexity index is 1800. The summed E-state index contributed by atoms with van der Waals surface area (Å²) in [4.78, 5) is 40.5. The van der Waals surface area contributed by atoms with Crippen LogP contribution >= 0.6 is 0 Å². The minimum absolute atomic E-state index is 0. The Morgan fingerprint density at radius 2 is 1.58 bits per heavy atom. The van der Waals surface area contributed by atoms with Crippen molar-refractivity contribution in [1.29, 1.82) is 0 Å². The van der Waals surface area contributed by atoms with Crippen molar-refractivity contribution in [2.75, 3.05) is 7.11 Å². The van der Waals surface area contributed by atoms with Gasteiger partial charge in [0.05, 0.1) is 54.9 Å². The number of carboxylic acid groups (broad SMARTS) is 1. The molecule has 3 N–H and O–H groups in total.